The van der Waals surface area contributed by atoms with Crippen LogP contribution in [0.1, 0.15) is 44.9 Å². The number of carboxylic acid groups (broad SMARTS) is 1. The number of nitrogens with one attached hydrogen (secondary N) is 1. The van der Waals surface area contributed by atoms with Gasteiger partial charge in [0.25, 0.3) is 0 Å². The lowest BCUT2D eigenvalue weighted by molar-refractivity contribution is -0.139. The number of hydrogen-bond donors (Lipinski definition) is 2. The average Bonchev–Trinajstić information content (AvgIpc) is 3.77. The zero-order chi connectivity index (χ0) is 38.1. The molecule has 1 amide bonds. The van der Waals surface area contributed by atoms with Gasteiger partial charge < -0.3 is 20.1 Å². The van der Waals surface area contributed by atoms with Gasteiger partial charge in [0.15, 0.2) is 0 Å². The number of carboxylic acids is 1. The SMILES string of the molecule is Cc1cc(C[C@@H](NC(=O)OCC2c3ccccc3-c3ccccc32)C(=O)O)c(C)c2c1CN(S(=O)(=O)c1ccc(N=Nc3ccc(N(C)C)cc3)cc1)C2. The molecule has 5 aromatic carbocycles. The molecule has 0 bridgehead atoms. The molecule has 0 spiro atoms. The van der Waals surface area contributed by atoms with E-state index >= 15 is 0 Å². The van der Waals surface area contributed by atoms with E-state index in [4.69, 9.17) is 4.74 Å². The summed E-state index contributed by atoms with van der Waals surface area (Å²) < 4.78 is 34.7. The fraction of sp³-hybridized carbons (Fsp3) is 0.238. The number of ether oxygens (including phenoxy) is 1. The van der Waals surface area contributed by atoms with Gasteiger partial charge in [-0.1, -0.05) is 54.6 Å². The summed E-state index contributed by atoms with van der Waals surface area (Å²) in [5.74, 6) is -1.36. The number of fused-ring (bicyclic) bond motifs is 4. The van der Waals surface area contributed by atoms with Gasteiger partial charge in [0.1, 0.15) is 12.6 Å². The fourth-order valence-corrected chi connectivity index (χ4v) is 8.68. The predicted molar refractivity (Wildman–Crippen MR) is 207 cm³/mol. The number of alkyl carbamates (subject to hydrolysis) is 1. The zero-order valence-corrected chi connectivity index (χ0v) is 31.3. The van der Waals surface area contributed by atoms with Crippen molar-refractivity contribution in [1.82, 2.24) is 9.62 Å². The van der Waals surface area contributed by atoms with E-state index in [9.17, 15) is 23.1 Å². The number of carbonyl (C=O) groups excluding carboxylic acids is 1. The average molecular weight is 744 g/mol. The van der Waals surface area contributed by atoms with Gasteiger partial charge >= 0.3 is 12.1 Å². The van der Waals surface area contributed by atoms with E-state index < -0.39 is 28.1 Å². The van der Waals surface area contributed by atoms with E-state index in [-0.39, 0.29) is 36.9 Å². The van der Waals surface area contributed by atoms with Crippen molar-refractivity contribution >= 4 is 39.1 Å². The third-order valence-corrected chi connectivity index (χ3v) is 12.1. The molecule has 1 atom stereocenters. The topological polar surface area (TPSA) is 141 Å². The van der Waals surface area contributed by atoms with Crippen molar-refractivity contribution in [2.75, 3.05) is 25.6 Å². The lowest BCUT2D eigenvalue weighted by Gasteiger charge is -2.19. The quantitative estimate of drug-likeness (QED) is 0.131. The van der Waals surface area contributed by atoms with Crippen LogP contribution in [0.3, 0.4) is 0 Å². The Kier molecular flexibility index (Phi) is 10.1. The number of rotatable bonds is 11. The molecule has 7 rings (SSSR count). The Morgan fingerprint density at radius 2 is 1.41 bits per heavy atom. The van der Waals surface area contributed by atoms with Crippen molar-refractivity contribution in [2.24, 2.45) is 10.2 Å². The Morgan fingerprint density at radius 1 is 0.852 bits per heavy atom. The molecule has 2 N–H and O–H groups in total. The van der Waals surface area contributed by atoms with Crippen molar-refractivity contribution < 1.29 is 27.9 Å². The van der Waals surface area contributed by atoms with Crippen LogP contribution in [0.15, 0.2) is 118 Å². The van der Waals surface area contributed by atoms with Gasteiger partial charge in [0.2, 0.25) is 10.0 Å². The van der Waals surface area contributed by atoms with Gasteiger partial charge in [-0.3, -0.25) is 0 Å². The molecule has 0 fully saturated rings. The van der Waals surface area contributed by atoms with Crippen molar-refractivity contribution in [3.63, 3.8) is 0 Å². The van der Waals surface area contributed by atoms with Crippen LogP contribution in [0, 0.1) is 13.8 Å². The number of hydrogen-bond acceptors (Lipinski definition) is 8. The number of nitrogens with zero attached hydrogens (tertiary/aromatic N) is 4. The zero-order valence-electron chi connectivity index (χ0n) is 30.5. The van der Waals surface area contributed by atoms with Crippen LogP contribution in [0.2, 0.25) is 0 Å². The van der Waals surface area contributed by atoms with Crippen LogP contribution >= 0.6 is 0 Å². The first kappa shape index (κ1) is 36.5. The lowest BCUT2D eigenvalue weighted by Crippen LogP contribution is -2.43. The molecular weight excluding hydrogens is 703 g/mol. The standard InChI is InChI=1S/C42H41N5O6S/c1-26-21-28(22-40(41(48)49)43-42(50)53-25-39-35-11-7-5-9-33(35)34-10-6-8-12-36(34)39)27(2)38-24-47(23-37(26)38)54(51,52)32-19-15-30(16-20-32)45-44-29-13-17-31(18-14-29)46(3)4/h5-21,39-40H,22-25H2,1-4H3,(H,43,50)(H,48,49)/t40-/m1/s1. The number of amides is 1. The Labute approximate surface area is 315 Å². The normalized spacial score (nSPS) is 14.4. The van der Waals surface area contributed by atoms with Gasteiger partial charge in [-0.05, 0) is 112 Å². The molecule has 0 aromatic heterocycles. The minimum atomic E-state index is -3.86. The van der Waals surface area contributed by atoms with Crippen LogP contribution < -0.4 is 10.2 Å². The number of aliphatic carboxylic acids is 1. The summed E-state index contributed by atoms with van der Waals surface area (Å²) in [6.45, 7) is 4.14. The molecule has 0 saturated heterocycles. The van der Waals surface area contributed by atoms with E-state index in [1.54, 1.807) is 12.1 Å². The number of aryl methyl sites for hydroxylation is 1. The molecule has 0 unspecified atom stereocenters. The molecule has 2 aliphatic rings. The third kappa shape index (κ3) is 7.22. The number of benzene rings is 5. The van der Waals surface area contributed by atoms with Crippen molar-refractivity contribution in [3.05, 3.63) is 142 Å². The first-order chi connectivity index (χ1) is 25.9. The Hall–Kier alpha value is -5.85. The minimum absolute atomic E-state index is 0.00203. The van der Waals surface area contributed by atoms with Crippen molar-refractivity contribution in [1.29, 1.82) is 0 Å². The van der Waals surface area contributed by atoms with Crippen molar-refractivity contribution in [2.45, 2.75) is 50.2 Å². The third-order valence-electron chi connectivity index (χ3n) is 10.3. The molecular formula is C42H41N5O6S. The molecule has 0 radical (unpaired) electrons. The van der Waals surface area contributed by atoms with Gasteiger partial charge in [-0.25, -0.2) is 18.0 Å². The van der Waals surface area contributed by atoms with E-state index in [0.717, 1.165) is 50.2 Å². The van der Waals surface area contributed by atoms with E-state index in [2.05, 4.69) is 15.5 Å². The highest BCUT2D eigenvalue weighted by molar-refractivity contribution is 7.89. The Balaban J connectivity index is 1.01. The second-order valence-electron chi connectivity index (χ2n) is 13.9. The highest BCUT2D eigenvalue weighted by atomic mass is 32.2. The summed E-state index contributed by atoms with van der Waals surface area (Å²) in [6, 6.07) is 30.5. The maximum absolute atomic E-state index is 13.8. The number of azo groups is 1. The van der Waals surface area contributed by atoms with Crippen LogP contribution in [0.4, 0.5) is 21.9 Å². The molecule has 5 aromatic rings. The molecule has 1 heterocycles. The molecule has 0 saturated carbocycles. The Bertz CT molecular complexity index is 2330. The summed E-state index contributed by atoms with van der Waals surface area (Å²) in [7, 11) is 0.0536. The molecule has 54 heavy (non-hydrogen) atoms. The summed E-state index contributed by atoms with van der Waals surface area (Å²) in [6.07, 6.45) is -0.814. The van der Waals surface area contributed by atoms with Crippen LogP contribution in [0.5, 0.6) is 0 Å². The lowest BCUT2D eigenvalue weighted by atomic mass is 9.91. The highest BCUT2D eigenvalue weighted by Crippen LogP contribution is 2.44. The van der Waals surface area contributed by atoms with E-state index in [1.807, 2.05) is 112 Å². The highest BCUT2D eigenvalue weighted by Gasteiger charge is 2.34. The summed E-state index contributed by atoms with van der Waals surface area (Å²) in [5.41, 5.74) is 10.6. The van der Waals surface area contributed by atoms with Gasteiger partial charge in [0.05, 0.1) is 16.3 Å². The monoisotopic (exact) mass is 743 g/mol. The summed E-state index contributed by atoms with van der Waals surface area (Å²) >= 11 is 0. The maximum Gasteiger partial charge on any atom is 0.407 e. The number of anilines is 1. The van der Waals surface area contributed by atoms with E-state index in [1.165, 1.54) is 16.4 Å². The van der Waals surface area contributed by atoms with Gasteiger partial charge in [-0.15, -0.1) is 0 Å². The van der Waals surface area contributed by atoms with Crippen LogP contribution in [-0.2, 0) is 39.1 Å². The molecule has 1 aliphatic heterocycles. The second-order valence-corrected chi connectivity index (χ2v) is 15.8. The maximum atomic E-state index is 13.8. The molecule has 1 aliphatic carbocycles. The Morgan fingerprint density at radius 3 is 1.98 bits per heavy atom. The smallest absolute Gasteiger partial charge is 0.407 e. The molecule has 12 heteroatoms. The molecule has 11 nitrogen and oxygen atoms in total. The molecule has 276 valence electrons. The fourth-order valence-electron chi connectivity index (χ4n) is 7.31. The summed E-state index contributed by atoms with van der Waals surface area (Å²) in [5, 5.41) is 21.2. The largest absolute Gasteiger partial charge is 0.480 e. The number of sulfonamides is 1. The predicted octanol–water partition coefficient (Wildman–Crippen LogP) is 8.02. The number of carbonyl (C=O) groups is 2. The van der Waals surface area contributed by atoms with Crippen molar-refractivity contribution in [3.8, 4) is 11.1 Å². The second kappa shape index (κ2) is 14.9. The van der Waals surface area contributed by atoms with E-state index in [0.29, 0.717) is 16.9 Å². The first-order valence-corrected chi connectivity index (χ1v) is 19.1. The van der Waals surface area contributed by atoms with Gasteiger partial charge in [0, 0.05) is 45.2 Å². The van der Waals surface area contributed by atoms with Crippen LogP contribution in [0.25, 0.3) is 11.1 Å². The summed E-state index contributed by atoms with van der Waals surface area (Å²) in [4.78, 5) is 27.6. The minimum Gasteiger partial charge on any atom is -0.480 e. The first-order valence-electron chi connectivity index (χ1n) is 17.6. The van der Waals surface area contributed by atoms with Gasteiger partial charge in [-0.2, -0.15) is 14.5 Å². The van der Waals surface area contributed by atoms with Crippen LogP contribution in [-0.4, -0.2) is 56.6 Å².